The highest BCUT2D eigenvalue weighted by molar-refractivity contribution is 4.99. The fraction of sp³-hybridized carbons (Fsp3) is 0.600. The first-order valence-electron chi connectivity index (χ1n) is 3.13. The first kappa shape index (κ1) is 14.8. The molecule has 1 nitrogen and oxygen atoms in total. The Morgan fingerprint density at radius 1 is 0.750 bits per heavy atom. The smallest absolute Gasteiger partial charge is 0.200 e. The van der Waals surface area contributed by atoms with E-state index in [1.165, 1.54) is 0 Å². The van der Waals surface area contributed by atoms with Gasteiger partial charge in [-0.15, -0.1) is 26.3 Å². The Morgan fingerprint density at radius 3 is 1.25 bits per heavy atom. The first-order valence-corrected chi connectivity index (χ1v) is 3.13. The summed E-state index contributed by atoms with van der Waals surface area (Å²) in [7, 11) is 0. The molecule has 0 aromatic rings. The summed E-state index contributed by atoms with van der Waals surface area (Å²) in [4.78, 5) is -2.64. The summed E-state index contributed by atoms with van der Waals surface area (Å²) in [5.41, 5.74) is 0. The number of hydrogen-bond donors (Lipinski definition) is 0. The van der Waals surface area contributed by atoms with Gasteiger partial charge in [0.1, 0.15) is 0 Å². The molecular formula is C5HF10N. The molecule has 0 unspecified atom stereocenters. The average Bonchev–Trinajstić information content (AvgIpc) is 1.92. The van der Waals surface area contributed by atoms with E-state index in [-0.39, 0.29) is 0 Å². The van der Waals surface area contributed by atoms with E-state index in [1.807, 2.05) is 0 Å². The fourth-order valence-electron chi connectivity index (χ4n) is 0.477. The van der Waals surface area contributed by atoms with Crippen LogP contribution in [0.15, 0.2) is 12.0 Å². The van der Waals surface area contributed by atoms with Crippen molar-refractivity contribution >= 4 is 0 Å². The van der Waals surface area contributed by atoms with Crippen molar-refractivity contribution in [2.45, 2.75) is 18.8 Å². The van der Waals surface area contributed by atoms with Crippen molar-refractivity contribution in [1.29, 1.82) is 0 Å². The van der Waals surface area contributed by atoms with Crippen LogP contribution in [0.4, 0.5) is 43.9 Å². The number of hydrogen-bond acceptors (Lipinski definition) is 1. The highest BCUT2D eigenvalue weighted by Crippen LogP contribution is 2.36. The number of rotatable bonds is 1. The van der Waals surface area contributed by atoms with Gasteiger partial charge >= 0.3 is 18.8 Å². The molecule has 0 saturated carbocycles. The second kappa shape index (κ2) is 4.01. The van der Waals surface area contributed by atoms with Gasteiger partial charge in [0, 0.05) is 0 Å². The Balaban J connectivity index is 5.28. The molecule has 0 rings (SSSR count). The highest BCUT2D eigenvalue weighted by atomic mass is 19.4. The van der Waals surface area contributed by atoms with Crippen LogP contribution in [0.2, 0.25) is 0 Å². The Morgan fingerprint density at radius 2 is 1.06 bits per heavy atom. The number of alkyl halides is 9. The number of halogens is 10. The molecule has 0 bridgehead atoms. The zero-order valence-electron chi connectivity index (χ0n) is 6.80. The molecule has 16 heavy (non-hydrogen) atoms. The Hall–Kier alpha value is -1.16. The predicted molar refractivity (Wildman–Crippen MR) is 29.2 cm³/mol. The molecule has 0 radical (unpaired) electrons. The normalized spacial score (nSPS) is 15.2. The maximum atomic E-state index is 11.9. The van der Waals surface area contributed by atoms with Crippen LogP contribution >= 0.6 is 0 Å². The van der Waals surface area contributed by atoms with Gasteiger partial charge in [0.15, 0.2) is 0 Å². The van der Waals surface area contributed by atoms with Crippen molar-refractivity contribution in [3.8, 4) is 0 Å². The third-order valence-electron chi connectivity index (χ3n) is 1.06. The van der Waals surface area contributed by atoms with E-state index in [0.29, 0.717) is 0 Å². The molecule has 0 aromatic heterocycles. The summed E-state index contributed by atoms with van der Waals surface area (Å²) in [6.07, 6.45) is -20.0. The average molecular weight is 265 g/mol. The molecule has 0 spiro atoms. The molecule has 0 N–H and O–H groups in total. The minimum atomic E-state index is -6.21. The van der Waals surface area contributed by atoms with Crippen molar-refractivity contribution in [2.24, 2.45) is 0 Å². The standard InChI is InChI=1S/C5HF10N/c6-2(3(7,8)9)1-16(4(10,11)12)5(13,14)15/h1H. The molecule has 96 valence electrons. The van der Waals surface area contributed by atoms with Crippen LogP contribution < -0.4 is 0 Å². The molecule has 0 amide bonds. The Labute approximate surface area is 80.9 Å². The summed E-state index contributed by atoms with van der Waals surface area (Å²) in [6, 6.07) is 0. The second-order valence-electron chi connectivity index (χ2n) is 2.28. The van der Waals surface area contributed by atoms with Crippen molar-refractivity contribution in [3.05, 3.63) is 12.0 Å². The van der Waals surface area contributed by atoms with Gasteiger partial charge in [0.2, 0.25) is 5.83 Å². The topological polar surface area (TPSA) is 3.24 Å². The molecule has 11 heteroatoms. The minimum absolute atomic E-state index is 1.71. The Kier molecular flexibility index (Phi) is 3.72. The van der Waals surface area contributed by atoms with E-state index < -0.39 is 35.7 Å². The van der Waals surface area contributed by atoms with Gasteiger partial charge in [-0.05, 0) is 0 Å². The van der Waals surface area contributed by atoms with Crippen molar-refractivity contribution in [1.82, 2.24) is 4.90 Å². The van der Waals surface area contributed by atoms with Gasteiger partial charge in [-0.25, -0.2) is 4.39 Å². The van der Waals surface area contributed by atoms with E-state index in [2.05, 4.69) is 0 Å². The van der Waals surface area contributed by atoms with Crippen LogP contribution in [-0.2, 0) is 0 Å². The van der Waals surface area contributed by atoms with Gasteiger partial charge in [-0.2, -0.15) is 18.1 Å². The van der Waals surface area contributed by atoms with Crippen LogP contribution in [-0.4, -0.2) is 23.7 Å². The lowest BCUT2D eigenvalue weighted by molar-refractivity contribution is -0.355. The predicted octanol–water partition coefficient (Wildman–Crippen LogP) is 3.70. The number of allylic oxidation sites excluding steroid dienone is 1. The minimum Gasteiger partial charge on any atom is -0.200 e. The zero-order chi connectivity index (χ0) is 13.4. The van der Waals surface area contributed by atoms with Gasteiger partial charge in [-0.1, -0.05) is 0 Å². The lowest BCUT2D eigenvalue weighted by atomic mass is 10.5. The van der Waals surface area contributed by atoms with Crippen LogP contribution in [0.3, 0.4) is 0 Å². The van der Waals surface area contributed by atoms with E-state index in [1.54, 1.807) is 0 Å². The summed E-state index contributed by atoms with van der Waals surface area (Å²) < 4.78 is 116. The third-order valence-corrected chi connectivity index (χ3v) is 1.06. The van der Waals surface area contributed by atoms with Gasteiger partial charge in [0.05, 0.1) is 6.20 Å². The molecule has 0 aliphatic rings. The maximum absolute atomic E-state index is 11.9. The van der Waals surface area contributed by atoms with E-state index in [0.717, 1.165) is 0 Å². The summed E-state index contributed by atoms with van der Waals surface area (Å²) in [5, 5.41) is 0. The van der Waals surface area contributed by atoms with Gasteiger partial charge in [0.25, 0.3) is 0 Å². The summed E-state index contributed by atoms with van der Waals surface area (Å²) in [6.45, 7) is 0. The van der Waals surface area contributed by atoms with Gasteiger partial charge in [-0.3, -0.25) is 0 Å². The quantitative estimate of drug-likeness (QED) is 0.516. The van der Waals surface area contributed by atoms with Gasteiger partial charge < -0.3 is 0 Å². The van der Waals surface area contributed by atoms with E-state index in [9.17, 15) is 43.9 Å². The summed E-state index contributed by atoms with van der Waals surface area (Å²) >= 11 is 0. The second-order valence-corrected chi connectivity index (χ2v) is 2.28. The molecule has 0 fully saturated rings. The van der Waals surface area contributed by atoms with Crippen LogP contribution in [0.25, 0.3) is 0 Å². The van der Waals surface area contributed by atoms with Crippen LogP contribution in [0.1, 0.15) is 0 Å². The lowest BCUT2D eigenvalue weighted by Gasteiger charge is -2.25. The monoisotopic (exact) mass is 265 g/mol. The van der Waals surface area contributed by atoms with Crippen LogP contribution in [0, 0.1) is 0 Å². The molecule has 0 atom stereocenters. The third kappa shape index (κ3) is 4.14. The first-order chi connectivity index (χ1) is 6.76. The number of nitrogens with zero attached hydrogens (tertiary/aromatic N) is 1. The van der Waals surface area contributed by atoms with E-state index in [4.69, 9.17) is 0 Å². The molecule has 0 saturated heterocycles. The summed E-state index contributed by atoms with van der Waals surface area (Å²) in [5.74, 6) is -3.51. The maximum Gasteiger partial charge on any atom is 0.491 e. The highest BCUT2D eigenvalue weighted by Gasteiger charge is 2.53. The van der Waals surface area contributed by atoms with Crippen molar-refractivity contribution in [3.63, 3.8) is 0 Å². The van der Waals surface area contributed by atoms with Crippen molar-refractivity contribution < 1.29 is 43.9 Å². The zero-order valence-corrected chi connectivity index (χ0v) is 6.80. The largest absolute Gasteiger partial charge is 0.491 e. The lowest BCUT2D eigenvalue weighted by Crippen LogP contribution is -2.44. The molecule has 0 aromatic carbocycles. The SMILES string of the molecule is FC(=CN(C(F)(F)F)C(F)(F)F)C(F)(F)F. The molecule has 0 aliphatic carbocycles. The van der Waals surface area contributed by atoms with E-state index >= 15 is 0 Å². The Bertz CT molecular complexity index is 252. The molecule has 0 heterocycles. The van der Waals surface area contributed by atoms with Crippen molar-refractivity contribution in [2.75, 3.05) is 0 Å². The molecular weight excluding hydrogens is 264 g/mol. The van der Waals surface area contributed by atoms with Crippen LogP contribution in [0.5, 0.6) is 0 Å². The fourth-order valence-corrected chi connectivity index (χ4v) is 0.477. The molecule has 0 aliphatic heterocycles.